The van der Waals surface area contributed by atoms with E-state index in [0.717, 1.165) is 16.9 Å². The SMILES string of the molecule is CN=C(NCCCOc1ccccc1)NCc1cn(C)nc1C(F)(F)F. The Morgan fingerprint density at radius 1 is 1.23 bits per heavy atom. The van der Waals surface area contributed by atoms with Gasteiger partial charge in [0.05, 0.1) is 6.61 Å². The Morgan fingerprint density at radius 3 is 2.62 bits per heavy atom. The molecule has 2 aromatic rings. The number of aliphatic imine (C=N–C) groups is 1. The second kappa shape index (κ2) is 9.12. The Bertz CT molecular complexity index is 713. The molecule has 0 atom stereocenters. The van der Waals surface area contributed by atoms with E-state index in [1.165, 1.54) is 13.2 Å². The zero-order valence-electron chi connectivity index (χ0n) is 14.7. The third-order valence-electron chi connectivity index (χ3n) is 3.47. The zero-order valence-corrected chi connectivity index (χ0v) is 14.7. The minimum atomic E-state index is -4.48. The highest BCUT2D eigenvalue weighted by molar-refractivity contribution is 5.79. The summed E-state index contributed by atoms with van der Waals surface area (Å²) in [6, 6.07) is 9.45. The van der Waals surface area contributed by atoms with Crippen LogP contribution in [0.15, 0.2) is 41.5 Å². The van der Waals surface area contributed by atoms with Crippen molar-refractivity contribution in [1.82, 2.24) is 20.4 Å². The molecule has 0 saturated heterocycles. The van der Waals surface area contributed by atoms with Gasteiger partial charge in [0.15, 0.2) is 11.7 Å². The molecule has 0 aliphatic carbocycles. The van der Waals surface area contributed by atoms with Crippen LogP contribution in [0.2, 0.25) is 0 Å². The van der Waals surface area contributed by atoms with Gasteiger partial charge in [0.2, 0.25) is 0 Å². The summed E-state index contributed by atoms with van der Waals surface area (Å²) >= 11 is 0. The average Bonchev–Trinajstić information content (AvgIpc) is 2.99. The highest BCUT2D eigenvalue weighted by atomic mass is 19.4. The highest BCUT2D eigenvalue weighted by Gasteiger charge is 2.36. The fourth-order valence-corrected chi connectivity index (χ4v) is 2.29. The average molecular weight is 369 g/mol. The van der Waals surface area contributed by atoms with Gasteiger partial charge in [-0.15, -0.1) is 0 Å². The molecule has 0 aliphatic rings. The number of rotatable bonds is 7. The van der Waals surface area contributed by atoms with Gasteiger partial charge in [-0.3, -0.25) is 9.67 Å². The maximum atomic E-state index is 12.9. The van der Waals surface area contributed by atoms with Crippen molar-refractivity contribution in [2.75, 3.05) is 20.2 Å². The van der Waals surface area contributed by atoms with E-state index in [1.807, 2.05) is 30.3 Å². The summed E-state index contributed by atoms with van der Waals surface area (Å²) in [5.41, 5.74) is -0.824. The standard InChI is InChI=1S/C17H22F3N5O/c1-21-16(22-9-6-10-26-14-7-4-3-5-8-14)23-11-13-12-25(2)24-15(13)17(18,19)20/h3-5,7-8,12H,6,9-11H2,1-2H3,(H2,21,22,23). The van der Waals surface area contributed by atoms with Gasteiger partial charge in [0.1, 0.15) is 5.75 Å². The molecular formula is C17H22F3N5O. The number of nitrogens with zero attached hydrogens (tertiary/aromatic N) is 3. The topological polar surface area (TPSA) is 63.5 Å². The molecule has 2 N–H and O–H groups in total. The van der Waals surface area contributed by atoms with Gasteiger partial charge in [-0.05, 0) is 18.6 Å². The number of benzene rings is 1. The molecule has 0 amide bonds. The van der Waals surface area contributed by atoms with Crippen LogP contribution in [0.1, 0.15) is 17.7 Å². The Hall–Kier alpha value is -2.71. The number of guanidine groups is 1. The fourth-order valence-electron chi connectivity index (χ4n) is 2.29. The highest BCUT2D eigenvalue weighted by Crippen LogP contribution is 2.30. The summed E-state index contributed by atoms with van der Waals surface area (Å²) in [5, 5.41) is 9.38. The van der Waals surface area contributed by atoms with Crippen molar-refractivity contribution in [2.45, 2.75) is 19.1 Å². The number of nitrogens with one attached hydrogen (secondary N) is 2. The number of hydrogen-bond acceptors (Lipinski definition) is 3. The van der Waals surface area contributed by atoms with Crippen LogP contribution in [0.25, 0.3) is 0 Å². The normalized spacial score (nSPS) is 12.1. The number of para-hydroxylation sites is 1. The van der Waals surface area contributed by atoms with Crippen LogP contribution < -0.4 is 15.4 Å². The minimum Gasteiger partial charge on any atom is -0.494 e. The van der Waals surface area contributed by atoms with Crippen LogP contribution >= 0.6 is 0 Å². The molecule has 0 bridgehead atoms. The first-order valence-corrected chi connectivity index (χ1v) is 8.12. The Morgan fingerprint density at radius 2 is 1.96 bits per heavy atom. The number of halogens is 3. The van der Waals surface area contributed by atoms with Gasteiger partial charge in [-0.25, -0.2) is 0 Å². The van der Waals surface area contributed by atoms with E-state index in [-0.39, 0.29) is 12.1 Å². The van der Waals surface area contributed by atoms with Gasteiger partial charge in [0, 0.05) is 38.9 Å². The van der Waals surface area contributed by atoms with Crippen molar-refractivity contribution >= 4 is 5.96 Å². The van der Waals surface area contributed by atoms with E-state index in [2.05, 4.69) is 20.7 Å². The van der Waals surface area contributed by atoms with Crippen LogP contribution in [0.3, 0.4) is 0 Å². The van der Waals surface area contributed by atoms with Gasteiger partial charge in [-0.2, -0.15) is 18.3 Å². The number of aryl methyl sites for hydroxylation is 1. The molecule has 0 fully saturated rings. The molecule has 0 spiro atoms. The Kier molecular flexibility index (Phi) is 6.88. The second-order valence-electron chi connectivity index (χ2n) is 5.54. The number of aromatic nitrogens is 2. The van der Waals surface area contributed by atoms with E-state index in [9.17, 15) is 13.2 Å². The monoisotopic (exact) mass is 369 g/mol. The predicted octanol–water partition coefficient (Wildman–Crippen LogP) is 2.57. The third-order valence-corrected chi connectivity index (χ3v) is 3.47. The molecular weight excluding hydrogens is 347 g/mol. The van der Waals surface area contributed by atoms with Crippen molar-refractivity contribution in [3.8, 4) is 5.75 Å². The van der Waals surface area contributed by atoms with Gasteiger partial charge in [-0.1, -0.05) is 18.2 Å². The minimum absolute atomic E-state index is 0.0249. The van der Waals surface area contributed by atoms with Gasteiger partial charge < -0.3 is 15.4 Å². The fraction of sp³-hybridized carbons (Fsp3) is 0.412. The molecule has 0 unspecified atom stereocenters. The number of hydrogen-bond donors (Lipinski definition) is 2. The van der Waals surface area contributed by atoms with Crippen molar-refractivity contribution in [2.24, 2.45) is 12.0 Å². The van der Waals surface area contributed by atoms with Crippen LogP contribution in [0.4, 0.5) is 13.2 Å². The lowest BCUT2D eigenvalue weighted by molar-refractivity contribution is -0.142. The maximum Gasteiger partial charge on any atom is 0.435 e. The molecule has 6 nitrogen and oxygen atoms in total. The van der Waals surface area contributed by atoms with Crippen molar-refractivity contribution in [3.05, 3.63) is 47.8 Å². The van der Waals surface area contributed by atoms with Crippen LogP contribution in [0.5, 0.6) is 5.75 Å². The number of alkyl halides is 3. The lowest BCUT2D eigenvalue weighted by atomic mass is 10.2. The van der Waals surface area contributed by atoms with Crippen molar-refractivity contribution in [1.29, 1.82) is 0 Å². The summed E-state index contributed by atoms with van der Waals surface area (Å²) in [6.45, 7) is 1.07. The summed E-state index contributed by atoms with van der Waals surface area (Å²) in [4.78, 5) is 4.00. The second-order valence-corrected chi connectivity index (χ2v) is 5.54. The molecule has 1 aromatic heterocycles. The first-order valence-electron chi connectivity index (χ1n) is 8.12. The third kappa shape index (κ3) is 5.98. The Balaban J connectivity index is 1.75. The van der Waals surface area contributed by atoms with Crippen molar-refractivity contribution < 1.29 is 17.9 Å². The summed E-state index contributed by atoms with van der Waals surface area (Å²) in [5.74, 6) is 1.22. The van der Waals surface area contributed by atoms with Crippen LogP contribution in [-0.2, 0) is 19.8 Å². The predicted molar refractivity (Wildman–Crippen MR) is 93.0 cm³/mol. The first kappa shape index (κ1) is 19.6. The van der Waals surface area contributed by atoms with Crippen molar-refractivity contribution in [3.63, 3.8) is 0 Å². The van der Waals surface area contributed by atoms with E-state index in [1.54, 1.807) is 7.05 Å². The zero-order chi connectivity index (χ0) is 19.0. The summed E-state index contributed by atoms with van der Waals surface area (Å²) in [6.07, 6.45) is -2.42. The van der Waals surface area contributed by atoms with Gasteiger partial charge in [0.25, 0.3) is 0 Å². The summed E-state index contributed by atoms with van der Waals surface area (Å²) < 4.78 is 45.5. The molecule has 2 rings (SSSR count). The molecule has 0 aliphatic heterocycles. The maximum absolute atomic E-state index is 12.9. The van der Waals surface area contributed by atoms with E-state index in [0.29, 0.717) is 19.1 Å². The van der Waals surface area contributed by atoms with Crippen LogP contribution in [0, 0.1) is 0 Å². The van der Waals surface area contributed by atoms with Crippen LogP contribution in [-0.4, -0.2) is 35.9 Å². The molecule has 1 aromatic carbocycles. The first-order chi connectivity index (χ1) is 12.4. The van der Waals surface area contributed by atoms with E-state index in [4.69, 9.17) is 4.74 Å². The Labute approximate surface area is 150 Å². The molecule has 9 heteroatoms. The summed E-state index contributed by atoms with van der Waals surface area (Å²) in [7, 11) is 3.02. The molecule has 0 radical (unpaired) electrons. The van der Waals surface area contributed by atoms with E-state index >= 15 is 0 Å². The molecule has 142 valence electrons. The molecule has 0 saturated carbocycles. The van der Waals surface area contributed by atoms with Gasteiger partial charge >= 0.3 is 6.18 Å². The largest absolute Gasteiger partial charge is 0.494 e. The quantitative estimate of drug-likeness (QED) is 0.447. The lowest BCUT2D eigenvalue weighted by Gasteiger charge is -2.12. The molecule has 26 heavy (non-hydrogen) atoms. The molecule has 1 heterocycles. The van der Waals surface area contributed by atoms with E-state index < -0.39 is 11.9 Å². The smallest absolute Gasteiger partial charge is 0.435 e. The lowest BCUT2D eigenvalue weighted by Crippen LogP contribution is -2.38. The number of ether oxygens (including phenoxy) is 1.